The molecule has 164 valence electrons. The third-order valence-electron chi connectivity index (χ3n) is 5.97. The fourth-order valence-electron chi connectivity index (χ4n) is 4.22. The topological polar surface area (TPSA) is 81.0 Å². The summed E-state index contributed by atoms with van der Waals surface area (Å²) in [6, 6.07) is 7.78. The molecule has 3 aromatic rings. The Bertz CT molecular complexity index is 1170. The molecular formula is C23H26N2O5S. The van der Waals surface area contributed by atoms with Crippen molar-refractivity contribution in [3.8, 4) is 22.6 Å². The summed E-state index contributed by atoms with van der Waals surface area (Å²) in [7, 11) is 4.98. The summed E-state index contributed by atoms with van der Waals surface area (Å²) < 4.78 is 13.4. The first kappa shape index (κ1) is 21.2. The highest BCUT2D eigenvalue weighted by molar-refractivity contribution is 7.19. The zero-order valence-electron chi connectivity index (χ0n) is 17.9. The molecule has 4 rings (SSSR count). The van der Waals surface area contributed by atoms with Crippen molar-refractivity contribution in [1.29, 1.82) is 0 Å². The first-order chi connectivity index (χ1) is 14.9. The second-order valence-corrected chi connectivity index (χ2v) is 9.04. The van der Waals surface area contributed by atoms with E-state index in [0.717, 1.165) is 45.4 Å². The fraction of sp³-hybridized carbons (Fsp3) is 0.391. The number of aryl methyl sites for hydroxylation is 1. The lowest BCUT2D eigenvalue weighted by molar-refractivity contribution is 0.124. The predicted molar refractivity (Wildman–Crippen MR) is 122 cm³/mol. The largest absolute Gasteiger partial charge is 0.493 e. The van der Waals surface area contributed by atoms with Gasteiger partial charge in [0.05, 0.1) is 19.6 Å². The van der Waals surface area contributed by atoms with Gasteiger partial charge in [-0.25, -0.2) is 4.79 Å². The predicted octanol–water partition coefficient (Wildman–Crippen LogP) is 4.22. The number of ether oxygens (including phenoxy) is 2. The number of rotatable bonds is 5. The number of fused-ring (bicyclic) bond motifs is 1. The van der Waals surface area contributed by atoms with Crippen LogP contribution in [0.2, 0.25) is 0 Å². The quantitative estimate of drug-likeness (QED) is 0.640. The maximum Gasteiger partial charge on any atom is 0.407 e. The van der Waals surface area contributed by atoms with Gasteiger partial charge in [0.15, 0.2) is 11.5 Å². The molecule has 1 saturated heterocycles. The molecule has 0 aliphatic carbocycles. The van der Waals surface area contributed by atoms with E-state index in [4.69, 9.17) is 14.6 Å². The zero-order valence-corrected chi connectivity index (χ0v) is 18.7. The Kier molecular flexibility index (Phi) is 5.91. The second kappa shape index (κ2) is 8.63. The van der Waals surface area contributed by atoms with Gasteiger partial charge >= 0.3 is 6.09 Å². The monoisotopic (exact) mass is 442 g/mol. The second-order valence-electron chi connectivity index (χ2n) is 7.90. The van der Waals surface area contributed by atoms with Crippen LogP contribution < -0.4 is 15.0 Å². The molecule has 7 nitrogen and oxygen atoms in total. The van der Waals surface area contributed by atoms with Gasteiger partial charge in [0.2, 0.25) is 0 Å². The Labute approximate surface area is 184 Å². The van der Waals surface area contributed by atoms with Gasteiger partial charge in [0.25, 0.3) is 5.56 Å². The van der Waals surface area contributed by atoms with Crippen molar-refractivity contribution in [2.24, 2.45) is 13.0 Å². The SMILES string of the molecule is COc1ccc(-c2cn(C)c(=O)c3cc(CC4CCN(C(=O)O)CC4)sc23)cc1OC. The van der Waals surface area contributed by atoms with Gasteiger partial charge in [0.1, 0.15) is 0 Å². The van der Waals surface area contributed by atoms with Crippen LogP contribution in [0.25, 0.3) is 21.2 Å². The van der Waals surface area contributed by atoms with Crippen LogP contribution >= 0.6 is 11.3 Å². The minimum absolute atomic E-state index is 0.0116. The van der Waals surface area contributed by atoms with Crippen LogP contribution in [0.15, 0.2) is 35.3 Å². The van der Waals surface area contributed by atoms with Crippen LogP contribution in [-0.4, -0.2) is 48.0 Å². The van der Waals surface area contributed by atoms with Gasteiger partial charge in [0, 0.05) is 41.5 Å². The van der Waals surface area contributed by atoms with Crippen molar-refractivity contribution in [3.05, 3.63) is 45.7 Å². The summed E-state index contributed by atoms with van der Waals surface area (Å²) >= 11 is 1.65. The van der Waals surface area contributed by atoms with Gasteiger partial charge in [-0.1, -0.05) is 6.07 Å². The van der Waals surface area contributed by atoms with Crippen LogP contribution in [0.5, 0.6) is 11.5 Å². The number of carboxylic acid groups (broad SMARTS) is 1. The average Bonchev–Trinajstić information content (AvgIpc) is 3.20. The lowest BCUT2D eigenvalue weighted by atomic mass is 9.93. The van der Waals surface area contributed by atoms with E-state index < -0.39 is 6.09 Å². The average molecular weight is 443 g/mol. The maximum atomic E-state index is 12.8. The first-order valence-corrected chi connectivity index (χ1v) is 11.0. The van der Waals surface area contributed by atoms with Crippen LogP contribution in [-0.2, 0) is 13.5 Å². The number of carbonyl (C=O) groups is 1. The number of methoxy groups -OCH3 is 2. The molecule has 0 saturated carbocycles. The summed E-state index contributed by atoms with van der Waals surface area (Å²) in [5.74, 6) is 1.73. The zero-order chi connectivity index (χ0) is 22.1. The Balaban J connectivity index is 1.69. The number of thiophene rings is 1. The van der Waals surface area contributed by atoms with Crippen LogP contribution in [0.3, 0.4) is 0 Å². The molecule has 1 fully saturated rings. The Morgan fingerprint density at radius 3 is 2.52 bits per heavy atom. The molecule has 0 bridgehead atoms. The Morgan fingerprint density at radius 2 is 1.87 bits per heavy atom. The number of benzene rings is 1. The van der Waals surface area contributed by atoms with Crippen molar-refractivity contribution in [3.63, 3.8) is 0 Å². The van der Waals surface area contributed by atoms with Gasteiger partial charge in [-0.15, -0.1) is 11.3 Å². The third-order valence-corrected chi connectivity index (χ3v) is 7.16. The molecule has 3 heterocycles. The van der Waals surface area contributed by atoms with Crippen LogP contribution in [0, 0.1) is 5.92 Å². The van der Waals surface area contributed by atoms with Crippen molar-refractivity contribution < 1.29 is 19.4 Å². The number of pyridine rings is 1. The Morgan fingerprint density at radius 1 is 1.16 bits per heavy atom. The molecule has 1 aromatic carbocycles. The smallest absolute Gasteiger partial charge is 0.407 e. The number of amides is 1. The highest BCUT2D eigenvalue weighted by atomic mass is 32.1. The van der Waals surface area contributed by atoms with E-state index in [9.17, 15) is 9.59 Å². The van der Waals surface area contributed by atoms with E-state index in [-0.39, 0.29) is 5.56 Å². The molecule has 1 aliphatic rings. The molecule has 8 heteroatoms. The number of piperidine rings is 1. The highest BCUT2D eigenvalue weighted by Crippen LogP contribution is 2.38. The Hall–Kier alpha value is -3.00. The number of hydrogen-bond donors (Lipinski definition) is 1. The molecule has 31 heavy (non-hydrogen) atoms. The van der Waals surface area contributed by atoms with Gasteiger partial charge in [-0.05, 0) is 48.9 Å². The van der Waals surface area contributed by atoms with E-state index in [1.54, 1.807) is 37.2 Å². The minimum atomic E-state index is -0.844. The summed E-state index contributed by atoms with van der Waals surface area (Å²) in [5, 5.41) is 9.87. The molecule has 2 aromatic heterocycles. The lowest BCUT2D eigenvalue weighted by Crippen LogP contribution is -2.37. The summed E-state index contributed by atoms with van der Waals surface area (Å²) in [5.41, 5.74) is 1.93. The van der Waals surface area contributed by atoms with Crippen LogP contribution in [0.1, 0.15) is 17.7 Å². The molecule has 1 amide bonds. The van der Waals surface area contributed by atoms with E-state index in [0.29, 0.717) is 30.5 Å². The first-order valence-electron chi connectivity index (χ1n) is 10.2. The number of aromatic nitrogens is 1. The normalized spacial score (nSPS) is 14.7. The minimum Gasteiger partial charge on any atom is -0.493 e. The number of likely N-dealkylation sites (tertiary alicyclic amines) is 1. The molecule has 1 aliphatic heterocycles. The van der Waals surface area contributed by atoms with Crippen molar-refractivity contribution in [2.45, 2.75) is 19.3 Å². The molecule has 1 N–H and O–H groups in total. The summed E-state index contributed by atoms with van der Waals surface area (Å²) in [4.78, 5) is 26.6. The van der Waals surface area contributed by atoms with Gasteiger partial charge in [-0.3, -0.25) is 4.79 Å². The van der Waals surface area contributed by atoms with Gasteiger partial charge in [-0.2, -0.15) is 0 Å². The van der Waals surface area contributed by atoms with Crippen LogP contribution in [0.4, 0.5) is 4.79 Å². The standard InChI is InChI=1S/C23H26N2O5S/c1-24-13-18(15-4-5-19(29-2)20(11-15)30-3)21-17(22(24)26)12-16(31-21)10-14-6-8-25(9-7-14)23(27)28/h4-5,11-14H,6-10H2,1-3H3,(H,27,28). The number of hydrogen-bond acceptors (Lipinski definition) is 5. The molecule has 0 unspecified atom stereocenters. The van der Waals surface area contributed by atoms with Crippen molar-refractivity contribution in [1.82, 2.24) is 9.47 Å². The highest BCUT2D eigenvalue weighted by Gasteiger charge is 2.23. The lowest BCUT2D eigenvalue weighted by Gasteiger charge is -2.29. The van der Waals surface area contributed by atoms with E-state index in [2.05, 4.69) is 0 Å². The maximum absolute atomic E-state index is 12.8. The van der Waals surface area contributed by atoms with Crippen molar-refractivity contribution >= 4 is 27.5 Å². The summed E-state index contributed by atoms with van der Waals surface area (Å²) in [6.45, 7) is 1.15. The third kappa shape index (κ3) is 4.12. The van der Waals surface area contributed by atoms with E-state index in [1.165, 1.54) is 4.90 Å². The van der Waals surface area contributed by atoms with Gasteiger partial charge < -0.3 is 24.0 Å². The molecule has 0 spiro atoms. The summed E-state index contributed by atoms with van der Waals surface area (Å²) in [6.07, 6.45) is 3.59. The van der Waals surface area contributed by atoms with E-state index >= 15 is 0 Å². The van der Waals surface area contributed by atoms with E-state index in [1.807, 2.05) is 30.5 Å². The molecular weight excluding hydrogens is 416 g/mol. The van der Waals surface area contributed by atoms with Crippen molar-refractivity contribution in [2.75, 3.05) is 27.3 Å². The molecule has 0 atom stereocenters. The number of nitrogens with zero attached hydrogens (tertiary/aromatic N) is 2. The molecule has 0 radical (unpaired) electrons. The fourth-order valence-corrected chi connectivity index (χ4v) is 5.52.